The fourth-order valence-corrected chi connectivity index (χ4v) is 3.07. The topological polar surface area (TPSA) is 63.3 Å². The fraction of sp³-hybridized carbons (Fsp3) is 0.118. The largest absolute Gasteiger partial charge is 0.497 e. The zero-order valence-electron chi connectivity index (χ0n) is 12.9. The Labute approximate surface area is 155 Å². The van der Waals surface area contributed by atoms with Crippen LogP contribution >= 0.6 is 31.9 Å². The number of nitrogens with one attached hydrogen (secondary N) is 2. The van der Waals surface area contributed by atoms with E-state index in [-0.39, 0.29) is 5.91 Å². The van der Waals surface area contributed by atoms with Crippen molar-refractivity contribution in [3.8, 4) is 11.5 Å². The molecule has 0 radical (unpaired) electrons. The quantitative estimate of drug-likeness (QED) is 0.586. The van der Waals surface area contributed by atoms with Crippen molar-refractivity contribution in [1.82, 2.24) is 4.98 Å². The van der Waals surface area contributed by atoms with Crippen LogP contribution in [0.15, 0.2) is 45.5 Å². The molecule has 0 saturated carbocycles. The van der Waals surface area contributed by atoms with Gasteiger partial charge in [-0.3, -0.25) is 4.79 Å². The van der Waals surface area contributed by atoms with Crippen LogP contribution < -0.4 is 14.8 Å². The molecule has 1 heterocycles. The van der Waals surface area contributed by atoms with E-state index in [2.05, 4.69) is 42.2 Å². The van der Waals surface area contributed by atoms with Gasteiger partial charge < -0.3 is 19.8 Å². The van der Waals surface area contributed by atoms with Gasteiger partial charge in [-0.25, -0.2) is 0 Å². The van der Waals surface area contributed by atoms with Crippen molar-refractivity contribution in [2.24, 2.45) is 0 Å². The van der Waals surface area contributed by atoms with Gasteiger partial charge in [0, 0.05) is 49.9 Å². The predicted molar refractivity (Wildman–Crippen MR) is 101 cm³/mol. The minimum absolute atomic E-state index is 0.217. The molecule has 0 bridgehead atoms. The number of fused-ring (bicyclic) bond motifs is 1. The monoisotopic (exact) mass is 452 g/mol. The number of aromatic nitrogens is 1. The molecule has 0 aliphatic carbocycles. The van der Waals surface area contributed by atoms with E-state index < -0.39 is 0 Å². The Hall–Kier alpha value is -1.99. The summed E-state index contributed by atoms with van der Waals surface area (Å²) in [6.45, 7) is 0. The molecule has 0 aliphatic rings. The first-order chi connectivity index (χ1) is 11.5. The van der Waals surface area contributed by atoms with Gasteiger partial charge in [-0.2, -0.15) is 0 Å². The first kappa shape index (κ1) is 16.9. The molecule has 2 N–H and O–H groups in total. The SMILES string of the molecule is COc1cc(NC(=O)c2c[nH]c3cc(Br)c(Br)cc23)cc(OC)c1. The number of halogens is 2. The molecule has 1 aromatic heterocycles. The Kier molecular flexibility index (Phi) is 4.82. The van der Waals surface area contributed by atoms with Crippen LogP contribution in [-0.2, 0) is 0 Å². The Balaban J connectivity index is 1.94. The van der Waals surface area contributed by atoms with E-state index in [1.165, 1.54) is 0 Å². The second kappa shape index (κ2) is 6.86. The number of methoxy groups -OCH3 is 2. The number of anilines is 1. The van der Waals surface area contributed by atoms with Gasteiger partial charge in [-0.05, 0) is 44.0 Å². The zero-order valence-corrected chi connectivity index (χ0v) is 16.1. The van der Waals surface area contributed by atoms with E-state index >= 15 is 0 Å². The summed E-state index contributed by atoms with van der Waals surface area (Å²) < 4.78 is 12.2. The molecule has 5 nitrogen and oxygen atoms in total. The van der Waals surface area contributed by atoms with Crippen molar-refractivity contribution in [2.75, 3.05) is 19.5 Å². The third kappa shape index (κ3) is 3.27. The second-order valence-electron chi connectivity index (χ2n) is 5.07. The Morgan fingerprint density at radius 3 is 2.25 bits per heavy atom. The van der Waals surface area contributed by atoms with Crippen LogP contribution in [0, 0.1) is 0 Å². The van der Waals surface area contributed by atoms with Gasteiger partial charge in [0.15, 0.2) is 0 Å². The van der Waals surface area contributed by atoms with Crippen LogP contribution in [0.3, 0.4) is 0 Å². The zero-order chi connectivity index (χ0) is 17.3. The molecule has 0 unspecified atom stereocenters. The number of carbonyl (C=O) groups is 1. The molecule has 2 aromatic carbocycles. The van der Waals surface area contributed by atoms with Crippen LogP contribution in [0.25, 0.3) is 10.9 Å². The average molecular weight is 454 g/mol. The standard InChI is InChI=1S/C17H14Br2N2O3/c1-23-10-3-9(4-11(5-10)24-2)21-17(22)13-8-20-16-7-15(19)14(18)6-12(13)16/h3-8,20H,1-2H3,(H,21,22). The van der Waals surface area contributed by atoms with E-state index in [0.29, 0.717) is 22.7 Å². The first-order valence-corrected chi connectivity index (χ1v) is 8.61. The van der Waals surface area contributed by atoms with Crippen LogP contribution in [0.5, 0.6) is 11.5 Å². The highest BCUT2D eigenvalue weighted by Gasteiger charge is 2.14. The molecule has 0 spiro atoms. The second-order valence-corrected chi connectivity index (χ2v) is 6.78. The molecule has 1 amide bonds. The third-order valence-electron chi connectivity index (χ3n) is 3.58. The van der Waals surface area contributed by atoms with Crippen LogP contribution in [0.1, 0.15) is 10.4 Å². The predicted octanol–water partition coefficient (Wildman–Crippen LogP) is 4.96. The summed E-state index contributed by atoms with van der Waals surface area (Å²) in [5, 5.41) is 3.70. The maximum Gasteiger partial charge on any atom is 0.257 e. The summed E-state index contributed by atoms with van der Waals surface area (Å²) in [5.41, 5.74) is 2.03. The summed E-state index contributed by atoms with van der Waals surface area (Å²) in [5.74, 6) is 0.997. The number of amides is 1. The number of rotatable bonds is 4. The summed E-state index contributed by atoms with van der Waals surface area (Å²) in [7, 11) is 3.13. The summed E-state index contributed by atoms with van der Waals surface area (Å²) in [4.78, 5) is 15.8. The van der Waals surface area contributed by atoms with Crippen molar-refractivity contribution >= 4 is 54.4 Å². The van der Waals surface area contributed by atoms with Crippen LogP contribution in [0.2, 0.25) is 0 Å². The van der Waals surface area contributed by atoms with Crippen molar-refractivity contribution in [1.29, 1.82) is 0 Å². The lowest BCUT2D eigenvalue weighted by atomic mass is 10.1. The van der Waals surface area contributed by atoms with E-state index in [0.717, 1.165) is 19.8 Å². The molecule has 3 aromatic rings. The summed E-state index contributed by atoms with van der Waals surface area (Å²) >= 11 is 6.92. The van der Waals surface area contributed by atoms with Gasteiger partial charge in [-0.1, -0.05) is 0 Å². The van der Waals surface area contributed by atoms with E-state index in [1.54, 1.807) is 38.6 Å². The number of carbonyl (C=O) groups excluding carboxylic acids is 1. The summed E-state index contributed by atoms with van der Waals surface area (Å²) in [6.07, 6.45) is 1.69. The normalized spacial score (nSPS) is 10.7. The maximum absolute atomic E-state index is 12.6. The van der Waals surface area contributed by atoms with Crippen molar-refractivity contribution in [2.45, 2.75) is 0 Å². The number of hydrogen-bond acceptors (Lipinski definition) is 3. The smallest absolute Gasteiger partial charge is 0.257 e. The lowest BCUT2D eigenvalue weighted by Gasteiger charge is -2.09. The molecule has 0 atom stereocenters. The number of aromatic amines is 1. The van der Waals surface area contributed by atoms with Gasteiger partial charge in [0.1, 0.15) is 11.5 Å². The highest BCUT2D eigenvalue weighted by molar-refractivity contribution is 9.13. The molecule has 0 fully saturated rings. The molecule has 0 saturated heterocycles. The van der Waals surface area contributed by atoms with E-state index in [9.17, 15) is 4.79 Å². The lowest BCUT2D eigenvalue weighted by molar-refractivity contribution is 0.102. The molecular weight excluding hydrogens is 440 g/mol. The van der Waals surface area contributed by atoms with Crippen molar-refractivity contribution in [3.63, 3.8) is 0 Å². The van der Waals surface area contributed by atoms with Crippen LogP contribution in [0.4, 0.5) is 5.69 Å². The highest BCUT2D eigenvalue weighted by Crippen LogP contribution is 2.31. The molecule has 24 heavy (non-hydrogen) atoms. The lowest BCUT2D eigenvalue weighted by Crippen LogP contribution is -2.11. The van der Waals surface area contributed by atoms with Crippen molar-refractivity contribution < 1.29 is 14.3 Å². The molecule has 0 aliphatic heterocycles. The summed E-state index contributed by atoms with van der Waals surface area (Å²) in [6, 6.07) is 9.04. The number of hydrogen-bond donors (Lipinski definition) is 2. The Morgan fingerprint density at radius 1 is 1.00 bits per heavy atom. The van der Waals surface area contributed by atoms with Gasteiger partial charge in [-0.15, -0.1) is 0 Å². The molecule has 124 valence electrons. The third-order valence-corrected chi connectivity index (χ3v) is 5.42. The number of ether oxygens (including phenoxy) is 2. The van der Waals surface area contributed by atoms with Gasteiger partial charge in [0.25, 0.3) is 5.91 Å². The fourth-order valence-electron chi connectivity index (χ4n) is 2.38. The van der Waals surface area contributed by atoms with E-state index in [4.69, 9.17) is 9.47 Å². The van der Waals surface area contributed by atoms with Gasteiger partial charge in [0.2, 0.25) is 0 Å². The molecule has 3 rings (SSSR count). The minimum Gasteiger partial charge on any atom is -0.497 e. The maximum atomic E-state index is 12.6. The number of benzene rings is 2. The van der Waals surface area contributed by atoms with Crippen LogP contribution in [-0.4, -0.2) is 25.1 Å². The minimum atomic E-state index is -0.217. The Bertz CT molecular complexity index is 899. The number of H-pyrrole nitrogens is 1. The highest BCUT2D eigenvalue weighted by atomic mass is 79.9. The van der Waals surface area contributed by atoms with Gasteiger partial charge in [0.05, 0.1) is 19.8 Å². The Morgan fingerprint density at radius 2 is 1.62 bits per heavy atom. The van der Waals surface area contributed by atoms with Crippen molar-refractivity contribution in [3.05, 3.63) is 51.0 Å². The first-order valence-electron chi connectivity index (χ1n) is 7.02. The molecule has 7 heteroatoms. The average Bonchev–Trinajstić information content (AvgIpc) is 2.97. The molecular formula is C17H14Br2N2O3. The van der Waals surface area contributed by atoms with E-state index in [1.807, 2.05) is 12.1 Å². The van der Waals surface area contributed by atoms with Gasteiger partial charge >= 0.3 is 0 Å².